The van der Waals surface area contributed by atoms with E-state index in [2.05, 4.69) is 27.9 Å². The molecule has 2 heterocycles. The molecule has 0 saturated carbocycles. The van der Waals surface area contributed by atoms with Gasteiger partial charge in [0.15, 0.2) is 6.17 Å². The lowest BCUT2D eigenvalue weighted by Crippen LogP contribution is -2.49. The van der Waals surface area contributed by atoms with Crippen molar-refractivity contribution in [2.75, 3.05) is 15.2 Å². The molecule has 1 atom stereocenters. The minimum Gasteiger partial charge on any atom is -0.384 e. The van der Waals surface area contributed by atoms with Crippen LogP contribution in [0.1, 0.15) is 5.56 Å². The van der Waals surface area contributed by atoms with Gasteiger partial charge in [-0.2, -0.15) is 5.43 Å². The summed E-state index contributed by atoms with van der Waals surface area (Å²) in [6.07, 6.45) is -0.514. The zero-order chi connectivity index (χ0) is 19.8. The number of benzene rings is 3. The van der Waals surface area contributed by atoms with Gasteiger partial charge < -0.3 is 11.1 Å². The molecule has 29 heavy (non-hydrogen) atoms. The lowest BCUT2D eigenvalue weighted by atomic mass is 10.1. The maximum Gasteiger partial charge on any atom is 0.345 e. The predicted molar refractivity (Wildman–Crippen MR) is 115 cm³/mol. The minimum atomic E-state index is -0.514. The second-order valence-electron chi connectivity index (χ2n) is 6.90. The number of amides is 2. The summed E-state index contributed by atoms with van der Waals surface area (Å²) in [5, 5.41) is 4.92. The zero-order valence-electron chi connectivity index (χ0n) is 15.6. The molecule has 0 aromatic heterocycles. The van der Waals surface area contributed by atoms with Crippen molar-refractivity contribution >= 4 is 34.6 Å². The molecule has 3 aromatic carbocycles. The molecule has 144 valence electrons. The van der Waals surface area contributed by atoms with Crippen LogP contribution in [0, 0.1) is 0 Å². The van der Waals surface area contributed by atoms with Crippen molar-refractivity contribution in [3.63, 3.8) is 0 Å². The summed E-state index contributed by atoms with van der Waals surface area (Å²) in [6, 6.07) is 25.1. The first-order chi connectivity index (χ1) is 14.2. The van der Waals surface area contributed by atoms with E-state index in [1.165, 1.54) is 5.01 Å². The predicted octanol–water partition coefficient (Wildman–Crippen LogP) is 3.58. The number of hydrogen-bond donors (Lipinski definition) is 3. The maximum atomic E-state index is 13.2. The van der Waals surface area contributed by atoms with Gasteiger partial charge in [0.05, 0.1) is 17.1 Å². The summed E-state index contributed by atoms with van der Waals surface area (Å²) >= 11 is 0. The number of nitrogens with two attached hydrogens (primary N) is 1. The summed E-state index contributed by atoms with van der Waals surface area (Å²) in [6.45, 7) is 0.651. The molecule has 7 heteroatoms. The largest absolute Gasteiger partial charge is 0.384 e. The number of carbonyl (C=O) groups is 1. The van der Waals surface area contributed by atoms with Crippen LogP contribution in [0.25, 0.3) is 0 Å². The molecular weight excluding hydrogens is 364 g/mol. The highest BCUT2D eigenvalue weighted by molar-refractivity contribution is 6.15. The number of para-hydroxylation sites is 2. The van der Waals surface area contributed by atoms with Crippen LogP contribution in [0.15, 0.2) is 83.9 Å². The van der Waals surface area contributed by atoms with Crippen molar-refractivity contribution in [3.8, 4) is 0 Å². The highest BCUT2D eigenvalue weighted by Gasteiger charge is 2.44. The number of fused-ring (bicyclic) bond motifs is 3. The van der Waals surface area contributed by atoms with Crippen molar-refractivity contribution in [2.24, 2.45) is 10.7 Å². The van der Waals surface area contributed by atoms with Gasteiger partial charge in [-0.25, -0.2) is 14.8 Å². The number of nitrogens with zero attached hydrogens (tertiary/aromatic N) is 3. The molecule has 1 fully saturated rings. The van der Waals surface area contributed by atoms with Gasteiger partial charge in [-0.3, -0.25) is 4.90 Å². The monoisotopic (exact) mass is 384 g/mol. The number of rotatable bonds is 4. The highest BCUT2D eigenvalue weighted by Crippen LogP contribution is 2.42. The standard InChI is InChI=1S/C22H20N6O/c23-20-21-26-28(16-10-5-2-6-11-16)22(29)27(21)18-13-7-12-17(19(18)25-20)24-14-15-8-3-1-4-9-15/h1-13,21,24,26H,14H2,(H2,23,25). The first-order valence-electron chi connectivity index (χ1n) is 9.42. The van der Waals surface area contributed by atoms with Gasteiger partial charge in [0.25, 0.3) is 0 Å². The molecule has 3 aromatic rings. The van der Waals surface area contributed by atoms with Crippen LogP contribution in [0.3, 0.4) is 0 Å². The smallest absolute Gasteiger partial charge is 0.345 e. The highest BCUT2D eigenvalue weighted by atomic mass is 16.2. The molecule has 1 unspecified atom stereocenters. The summed E-state index contributed by atoms with van der Waals surface area (Å²) < 4.78 is 0. The van der Waals surface area contributed by atoms with E-state index in [1.54, 1.807) is 4.90 Å². The van der Waals surface area contributed by atoms with Crippen LogP contribution in [0.5, 0.6) is 0 Å². The van der Waals surface area contributed by atoms with E-state index in [-0.39, 0.29) is 6.03 Å². The number of carbonyl (C=O) groups excluding carboxylic acids is 1. The zero-order valence-corrected chi connectivity index (χ0v) is 15.6. The second-order valence-corrected chi connectivity index (χ2v) is 6.90. The van der Waals surface area contributed by atoms with Crippen molar-refractivity contribution in [1.82, 2.24) is 5.43 Å². The van der Waals surface area contributed by atoms with Crippen LogP contribution < -0.4 is 26.4 Å². The lowest BCUT2D eigenvalue weighted by Gasteiger charge is -2.28. The minimum absolute atomic E-state index is 0.194. The third-order valence-electron chi connectivity index (χ3n) is 5.04. The lowest BCUT2D eigenvalue weighted by molar-refractivity contribution is 0.255. The van der Waals surface area contributed by atoms with Crippen molar-refractivity contribution in [1.29, 1.82) is 0 Å². The van der Waals surface area contributed by atoms with Gasteiger partial charge in [-0.05, 0) is 29.8 Å². The molecule has 2 amide bonds. The van der Waals surface area contributed by atoms with Crippen LogP contribution in [-0.2, 0) is 6.54 Å². The van der Waals surface area contributed by atoms with Gasteiger partial charge in [0, 0.05) is 6.54 Å². The van der Waals surface area contributed by atoms with Gasteiger partial charge >= 0.3 is 6.03 Å². The van der Waals surface area contributed by atoms with Gasteiger partial charge in [0.1, 0.15) is 11.5 Å². The fourth-order valence-corrected chi connectivity index (χ4v) is 3.63. The Labute approximate surface area is 168 Å². The number of aliphatic imine (C=N–C) groups is 1. The fourth-order valence-electron chi connectivity index (χ4n) is 3.63. The van der Waals surface area contributed by atoms with E-state index in [1.807, 2.05) is 66.7 Å². The Balaban J connectivity index is 1.48. The summed E-state index contributed by atoms with van der Waals surface area (Å²) in [5.41, 5.74) is 13.5. The second kappa shape index (κ2) is 6.96. The Hall–Kier alpha value is -3.84. The van der Waals surface area contributed by atoms with Gasteiger partial charge in [0.2, 0.25) is 0 Å². The third-order valence-corrected chi connectivity index (χ3v) is 5.04. The molecule has 2 aliphatic heterocycles. The SMILES string of the molecule is NC1=Nc2c(NCc3ccccc3)cccc2N2C(=O)N(c3ccccc3)NC12. The Morgan fingerprint density at radius 3 is 2.45 bits per heavy atom. The Morgan fingerprint density at radius 1 is 0.966 bits per heavy atom. The third kappa shape index (κ3) is 2.97. The quantitative estimate of drug-likeness (QED) is 0.642. The number of nitrogens with one attached hydrogen (secondary N) is 2. The molecule has 0 bridgehead atoms. The average Bonchev–Trinajstić information content (AvgIpc) is 3.12. The average molecular weight is 384 g/mol. The normalized spacial score (nSPS) is 17.6. The Bertz CT molecular complexity index is 1080. The van der Waals surface area contributed by atoms with Crippen molar-refractivity contribution in [3.05, 3.63) is 84.4 Å². The van der Waals surface area contributed by atoms with E-state index < -0.39 is 6.17 Å². The fraction of sp³-hybridized carbons (Fsp3) is 0.0909. The Morgan fingerprint density at radius 2 is 1.69 bits per heavy atom. The van der Waals surface area contributed by atoms with E-state index >= 15 is 0 Å². The molecule has 7 nitrogen and oxygen atoms in total. The van der Waals surface area contributed by atoms with E-state index in [0.29, 0.717) is 18.1 Å². The Kier molecular flexibility index (Phi) is 4.14. The van der Waals surface area contributed by atoms with Crippen LogP contribution in [-0.4, -0.2) is 18.0 Å². The first-order valence-corrected chi connectivity index (χ1v) is 9.42. The molecule has 1 saturated heterocycles. The van der Waals surface area contributed by atoms with Crippen LogP contribution in [0.4, 0.5) is 27.5 Å². The molecule has 4 N–H and O–H groups in total. The summed E-state index contributed by atoms with van der Waals surface area (Å²) in [4.78, 5) is 19.5. The molecule has 0 radical (unpaired) electrons. The number of hydrazine groups is 1. The number of anilines is 3. The first kappa shape index (κ1) is 17.3. The molecule has 0 spiro atoms. The number of urea groups is 1. The van der Waals surface area contributed by atoms with Gasteiger partial charge in [-0.1, -0.05) is 54.6 Å². The van der Waals surface area contributed by atoms with Crippen molar-refractivity contribution < 1.29 is 4.79 Å². The molecule has 5 rings (SSSR count). The van der Waals surface area contributed by atoms with Crippen LogP contribution in [0.2, 0.25) is 0 Å². The number of hydrogen-bond acceptors (Lipinski definition) is 5. The van der Waals surface area contributed by atoms with E-state index in [0.717, 1.165) is 22.6 Å². The van der Waals surface area contributed by atoms with Crippen LogP contribution >= 0.6 is 0 Å². The molecule has 2 aliphatic rings. The van der Waals surface area contributed by atoms with Gasteiger partial charge in [-0.15, -0.1) is 0 Å². The number of amidine groups is 1. The summed E-state index contributed by atoms with van der Waals surface area (Å²) in [5.74, 6) is 0.346. The van der Waals surface area contributed by atoms with E-state index in [4.69, 9.17) is 5.73 Å². The topological polar surface area (TPSA) is 86.0 Å². The maximum absolute atomic E-state index is 13.2. The van der Waals surface area contributed by atoms with Crippen molar-refractivity contribution in [2.45, 2.75) is 12.7 Å². The van der Waals surface area contributed by atoms with E-state index in [9.17, 15) is 4.79 Å². The molecule has 0 aliphatic carbocycles. The molecular formula is C22H20N6O. The summed E-state index contributed by atoms with van der Waals surface area (Å²) in [7, 11) is 0.